The molecule has 0 radical (unpaired) electrons. The van der Waals surface area contributed by atoms with Crippen molar-refractivity contribution in [3.05, 3.63) is 59.5 Å². The first kappa shape index (κ1) is 17.8. The van der Waals surface area contributed by atoms with Gasteiger partial charge in [0.25, 0.3) is 0 Å². The fourth-order valence-corrected chi connectivity index (χ4v) is 3.22. The largest absolute Gasteiger partial charge is 0.490 e. The third-order valence-electron chi connectivity index (χ3n) is 3.52. The Morgan fingerprint density at radius 1 is 1.04 bits per heavy atom. The van der Waals surface area contributed by atoms with E-state index in [2.05, 4.69) is 16.1 Å². The summed E-state index contributed by atoms with van der Waals surface area (Å²) in [5.74, 6) is -0.376. The van der Waals surface area contributed by atoms with Crippen LogP contribution in [0.25, 0.3) is 10.8 Å². The van der Waals surface area contributed by atoms with Gasteiger partial charge in [-0.25, -0.2) is 4.79 Å². The highest BCUT2D eigenvalue weighted by Gasteiger charge is 2.16. The summed E-state index contributed by atoms with van der Waals surface area (Å²) in [6.45, 7) is 0.722. The minimum Gasteiger partial charge on any atom is -0.490 e. The number of nitrogens with zero attached hydrogens (tertiary/aromatic N) is 1. The number of carbonyl (C=O) groups is 1. The van der Waals surface area contributed by atoms with E-state index in [-0.39, 0.29) is 5.71 Å². The van der Waals surface area contributed by atoms with Crippen LogP contribution in [0.2, 0.25) is 0 Å². The van der Waals surface area contributed by atoms with Crippen molar-refractivity contribution in [2.75, 3.05) is 20.3 Å². The van der Waals surface area contributed by atoms with Gasteiger partial charge in [0.2, 0.25) is 5.71 Å². The molecule has 0 bridgehead atoms. The highest BCUT2D eigenvalue weighted by Crippen LogP contribution is 2.25. The van der Waals surface area contributed by atoms with Gasteiger partial charge < -0.3 is 19.4 Å². The third-order valence-corrected chi connectivity index (χ3v) is 4.52. The molecule has 0 aliphatic heterocycles. The van der Waals surface area contributed by atoms with Crippen LogP contribution in [0.3, 0.4) is 0 Å². The Morgan fingerprint density at radius 3 is 2.58 bits per heavy atom. The van der Waals surface area contributed by atoms with Gasteiger partial charge in [-0.1, -0.05) is 46.8 Å². The lowest BCUT2D eigenvalue weighted by Gasteiger charge is -2.08. The molecule has 3 aromatic rings. The SMILES string of the molecule is CO/N=C(/C(=O)O)c1ccc(OCCOc2ccc3ccccc3c2)s1. The van der Waals surface area contributed by atoms with E-state index in [1.54, 1.807) is 12.1 Å². The van der Waals surface area contributed by atoms with E-state index in [0.29, 0.717) is 23.2 Å². The Balaban J connectivity index is 1.53. The Labute approximate surface area is 154 Å². The lowest BCUT2D eigenvalue weighted by Crippen LogP contribution is -2.13. The van der Waals surface area contributed by atoms with E-state index in [0.717, 1.165) is 16.5 Å². The molecule has 1 heterocycles. The van der Waals surface area contributed by atoms with Gasteiger partial charge in [0.1, 0.15) is 26.1 Å². The number of rotatable bonds is 8. The van der Waals surface area contributed by atoms with Crippen molar-refractivity contribution in [3.63, 3.8) is 0 Å². The second-order valence-corrected chi connectivity index (χ2v) is 6.30. The normalized spacial score (nSPS) is 11.3. The van der Waals surface area contributed by atoms with Crippen LogP contribution < -0.4 is 9.47 Å². The van der Waals surface area contributed by atoms with Gasteiger partial charge in [-0.3, -0.25) is 0 Å². The van der Waals surface area contributed by atoms with Crippen LogP contribution in [-0.4, -0.2) is 37.1 Å². The fraction of sp³-hybridized carbons (Fsp3) is 0.158. The van der Waals surface area contributed by atoms with Gasteiger partial charge in [0.05, 0.1) is 4.88 Å². The van der Waals surface area contributed by atoms with Crippen LogP contribution in [-0.2, 0) is 9.63 Å². The second kappa shape index (κ2) is 8.35. The van der Waals surface area contributed by atoms with Crippen LogP contribution in [0, 0.1) is 0 Å². The Morgan fingerprint density at radius 2 is 1.81 bits per heavy atom. The number of thiophene rings is 1. The standard InChI is InChI=1S/C19H17NO5S/c1-23-20-18(19(21)22)16-8-9-17(26-16)25-11-10-24-15-7-6-13-4-2-3-5-14(13)12-15/h2-9,12H,10-11H2,1H3,(H,21,22)/b20-18+. The molecule has 0 unspecified atom stereocenters. The van der Waals surface area contributed by atoms with E-state index >= 15 is 0 Å². The molecule has 0 amide bonds. The van der Waals surface area contributed by atoms with Crippen molar-refractivity contribution in [1.82, 2.24) is 0 Å². The van der Waals surface area contributed by atoms with Gasteiger partial charge in [0.15, 0.2) is 5.06 Å². The zero-order valence-corrected chi connectivity index (χ0v) is 14.9. The number of hydrogen-bond acceptors (Lipinski definition) is 6. The lowest BCUT2D eigenvalue weighted by molar-refractivity contribution is -0.129. The van der Waals surface area contributed by atoms with Crippen LogP contribution >= 0.6 is 11.3 Å². The van der Waals surface area contributed by atoms with Crippen LogP contribution in [0.5, 0.6) is 10.8 Å². The van der Waals surface area contributed by atoms with Crippen LogP contribution in [0.4, 0.5) is 0 Å². The zero-order chi connectivity index (χ0) is 18.4. The molecule has 134 valence electrons. The number of benzene rings is 2. The molecule has 0 saturated heterocycles. The predicted octanol–water partition coefficient (Wildman–Crippen LogP) is 3.79. The maximum absolute atomic E-state index is 11.1. The molecule has 7 heteroatoms. The number of hydrogen-bond donors (Lipinski definition) is 1. The molecule has 0 fully saturated rings. The number of fused-ring (bicyclic) bond motifs is 1. The van der Waals surface area contributed by atoms with Gasteiger partial charge in [-0.15, -0.1) is 0 Å². The van der Waals surface area contributed by atoms with Crippen LogP contribution in [0.15, 0.2) is 59.8 Å². The Hall–Kier alpha value is -3.06. The average molecular weight is 371 g/mol. The molecular weight excluding hydrogens is 354 g/mol. The fourth-order valence-electron chi connectivity index (χ4n) is 2.36. The van der Waals surface area contributed by atoms with Crippen molar-refractivity contribution in [1.29, 1.82) is 0 Å². The molecule has 0 atom stereocenters. The minimum absolute atomic E-state index is 0.153. The molecule has 0 aliphatic rings. The number of oxime groups is 1. The summed E-state index contributed by atoms with van der Waals surface area (Å²) in [6, 6.07) is 17.3. The topological polar surface area (TPSA) is 77.4 Å². The summed E-state index contributed by atoms with van der Waals surface area (Å²) in [4.78, 5) is 16.2. The predicted molar refractivity (Wildman–Crippen MR) is 100 cm³/mol. The zero-order valence-electron chi connectivity index (χ0n) is 14.0. The monoisotopic (exact) mass is 371 g/mol. The molecule has 2 aromatic carbocycles. The van der Waals surface area contributed by atoms with Gasteiger partial charge in [0, 0.05) is 0 Å². The Kier molecular flexibility index (Phi) is 5.70. The van der Waals surface area contributed by atoms with Crippen molar-refractivity contribution in [3.8, 4) is 10.8 Å². The number of carboxylic acids is 1. The third kappa shape index (κ3) is 4.31. The van der Waals surface area contributed by atoms with Crippen molar-refractivity contribution in [2.24, 2.45) is 5.16 Å². The summed E-state index contributed by atoms with van der Waals surface area (Å²) >= 11 is 1.19. The molecular formula is C19H17NO5S. The molecule has 0 saturated carbocycles. The smallest absolute Gasteiger partial charge is 0.359 e. The number of aliphatic carboxylic acids is 1. The quantitative estimate of drug-likeness (QED) is 0.370. The van der Waals surface area contributed by atoms with E-state index in [4.69, 9.17) is 14.6 Å². The number of carboxylic acid groups (broad SMARTS) is 1. The summed E-state index contributed by atoms with van der Waals surface area (Å²) in [6.07, 6.45) is 0. The summed E-state index contributed by atoms with van der Waals surface area (Å²) in [5.41, 5.74) is -0.153. The first-order valence-corrected chi connectivity index (χ1v) is 8.68. The molecule has 1 aromatic heterocycles. The minimum atomic E-state index is -1.15. The highest BCUT2D eigenvalue weighted by molar-refractivity contribution is 7.16. The Bertz CT molecular complexity index is 934. The van der Waals surface area contributed by atoms with E-state index in [9.17, 15) is 4.79 Å². The van der Waals surface area contributed by atoms with Gasteiger partial charge in [-0.2, -0.15) is 0 Å². The first-order valence-electron chi connectivity index (χ1n) is 7.86. The number of ether oxygens (including phenoxy) is 2. The van der Waals surface area contributed by atoms with Crippen molar-refractivity contribution < 1.29 is 24.2 Å². The summed E-state index contributed by atoms with van der Waals surface area (Å²) < 4.78 is 11.3. The van der Waals surface area contributed by atoms with E-state index in [1.165, 1.54) is 18.4 Å². The molecule has 0 spiro atoms. The molecule has 6 nitrogen and oxygen atoms in total. The van der Waals surface area contributed by atoms with Crippen molar-refractivity contribution >= 4 is 33.8 Å². The molecule has 26 heavy (non-hydrogen) atoms. The molecule has 1 N–H and O–H groups in total. The lowest BCUT2D eigenvalue weighted by atomic mass is 10.1. The average Bonchev–Trinajstić information content (AvgIpc) is 3.11. The maximum atomic E-state index is 11.1. The van der Waals surface area contributed by atoms with E-state index in [1.807, 2.05) is 36.4 Å². The maximum Gasteiger partial charge on any atom is 0.359 e. The van der Waals surface area contributed by atoms with Gasteiger partial charge >= 0.3 is 5.97 Å². The summed E-state index contributed by atoms with van der Waals surface area (Å²) in [5, 5.41) is 15.5. The van der Waals surface area contributed by atoms with Crippen molar-refractivity contribution in [2.45, 2.75) is 0 Å². The second-order valence-electron chi connectivity index (χ2n) is 5.25. The molecule has 0 aliphatic carbocycles. The van der Waals surface area contributed by atoms with Crippen LogP contribution in [0.1, 0.15) is 4.88 Å². The molecule has 3 rings (SSSR count). The van der Waals surface area contributed by atoms with E-state index < -0.39 is 5.97 Å². The first-order chi connectivity index (χ1) is 12.7. The van der Waals surface area contributed by atoms with Gasteiger partial charge in [-0.05, 0) is 35.0 Å². The highest BCUT2D eigenvalue weighted by atomic mass is 32.1. The summed E-state index contributed by atoms with van der Waals surface area (Å²) in [7, 11) is 1.30.